The Balaban J connectivity index is -0.000000555. The van der Waals surface area contributed by atoms with E-state index in [2.05, 4.69) is 350 Å². The maximum atomic E-state index is 12.3. The van der Waals surface area contributed by atoms with Crippen LogP contribution in [0.5, 0.6) is 34.5 Å². The molecule has 6 aromatic carbocycles. The van der Waals surface area contributed by atoms with Gasteiger partial charge in [0, 0.05) is 143 Å². The molecule has 0 saturated heterocycles. The average Bonchev–Trinajstić information content (AvgIpc) is 0.736. The predicted octanol–water partition coefficient (Wildman–Crippen LogP) is 26.9. The molecule has 0 saturated carbocycles. The van der Waals surface area contributed by atoms with E-state index in [0.29, 0.717) is 33.4 Å². The minimum atomic E-state index is -0.643. The van der Waals surface area contributed by atoms with Gasteiger partial charge in [0.15, 0.2) is 0 Å². The Bertz CT molecular complexity index is 3080. The topological polar surface area (TPSA) is 121 Å². The molecule has 0 heterocycles. The van der Waals surface area contributed by atoms with Gasteiger partial charge in [-0.1, -0.05) is 322 Å². The van der Waals surface area contributed by atoms with Crippen molar-refractivity contribution in [3.8, 4) is 34.5 Å². The fraction of sp³-hybridized carbons (Fsp3) is 0.574. The third kappa shape index (κ3) is 27.8. The molecule has 11 heteroatoms. The molecule has 6 rings (SSSR count). The number of rotatable bonds is 6. The molecule has 0 spiro atoms. The first-order valence-corrected chi connectivity index (χ1v) is 36.8. The standard InChI is InChI=1S/2C43H64O3.4C2H5.5Zn/c2*1-38(2,3)25-19-28(35(44)31(22-25)41(10,11)12)34(29-20-26(39(4,5)6)23-32(36(29)45)42(13,14)15)30-21-27(40(7,8)9)24-33(37(30)46)43(16,17)18;4*1-2;;;;;/h2*19-24,34,44-46H,1-18H3;4*1H2,2H3;;;;;/q;;4*-1;;;;;. The molecule has 0 bridgehead atoms. The maximum Gasteiger partial charge on any atom is 0.123 e. The van der Waals surface area contributed by atoms with Crippen LogP contribution in [0, 0.1) is 27.7 Å². The molecule has 6 aromatic rings. The summed E-state index contributed by atoms with van der Waals surface area (Å²) in [4.78, 5) is 0. The van der Waals surface area contributed by atoms with Crippen molar-refractivity contribution in [1.82, 2.24) is 0 Å². The molecule has 0 atom stereocenters. The van der Waals surface area contributed by atoms with E-state index in [1.807, 2.05) is 0 Å². The molecule has 574 valence electrons. The van der Waals surface area contributed by atoms with Crippen molar-refractivity contribution >= 4 is 0 Å². The fourth-order valence-corrected chi connectivity index (χ4v) is 12.3. The number of aromatic hydroxyl groups is 6. The van der Waals surface area contributed by atoms with Crippen molar-refractivity contribution in [2.45, 2.75) is 354 Å². The molecular formula is C94H148O6Zn5-4. The Morgan fingerprint density at radius 1 is 0.171 bits per heavy atom. The quantitative estimate of drug-likeness (QED) is 0.0561. The Morgan fingerprint density at radius 2 is 0.257 bits per heavy atom. The van der Waals surface area contributed by atoms with E-state index in [9.17, 15) is 30.6 Å². The van der Waals surface area contributed by atoms with E-state index in [4.69, 9.17) is 0 Å². The van der Waals surface area contributed by atoms with Crippen molar-refractivity contribution in [3.63, 3.8) is 0 Å². The Hall–Kier alpha value is -2.76. The summed E-state index contributed by atoms with van der Waals surface area (Å²) in [6.45, 7) is 97.6. The average molecular weight is 1700 g/mol. The predicted molar refractivity (Wildman–Crippen MR) is 439 cm³/mol. The van der Waals surface area contributed by atoms with Gasteiger partial charge in [-0.3, -0.25) is 0 Å². The van der Waals surface area contributed by atoms with Gasteiger partial charge in [0.1, 0.15) is 34.5 Å². The van der Waals surface area contributed by atoms with Gasteiger partial charge in [0.25, 0.3) is 0 Å². The summed E-state index contributed by atoms with van der Waals surface area (Å²) >= 11 is 0. The van der Waals surface area contributed by atoms with Gasteiger partial charge in [0.2, 0.25) is 0 Å². The third-order valence-corrected chi connectivity index (χ3v) is 18.7. The summed E-state index contributed by atoms with van der Waals surface area (Å²) in [5.41, 5.74) is 12.6. The molecule has 0 aliphatic rings. The van der Waals surface area contributed by atoms with E-state index in [0.717, 1.165) is 66.8 Å². The number of hydrogen-bond donors (Lipinski definition) is 6. The Morgan fingerprint density at radius 3 is 0.324 bits per heavy atom. The molecule has 0 unspecified atom stereocenters. The smallest absolute Gasteiger partial charge is 0.123 e. The Labute approximate surface area is 710 Å². The van der Waals surface area contributed by atoms with E-state index >= 15 is 0 Å². The second-order valence-electron chi connectivity index (χ2n) is 39.6. The van der Waals surface area contributed by atoms with Crippen LogP contribution in [0.1, 0.15) is 389 Å². The van der Waals surface area contributed by atoms with Crippen molar-refractivity contribution in [1.29, 1.82) is 0 Å². The third-order valence-electron chi connectivity index (χ3n) is 18.7. The molecule has 0 amide bonds. The fourth-order valence-electron chi connectivity index (χ4n) is 12.3. The van der Waals surface area contributed by atoms with Gasteiger partial charge in [0.05, 0.1) is 0 Å². The molecule has 0 aliphatic carbocycles. The van der Waals surface area contributed by atoms with Crippen LogP contribution in [0.3, 0.4) is 0 Å². The summed E-state index contributed by atoms with van der Waals surface area (Å²) in [7, 11) is 0. The zero-order chi connectivity index (χ0) is 79.5. The molecule has 0 fully saturated rings. The second kappa shape index (κ2) is 40.1. The molecule has 0 radical (unpaired) electrons. The summed E-state index contributed by atoms with van der Waals surface area (Å²) < 4.78 is 0. The second-order valence-corrected chi connectivity index (χ2v) is 39.6. The molecule has 0 aliphatic heterocycles. The van der Waals surface area contributed by atoms with Gasteiger partial charge >= 0.3 is 0 Å². The summed E-state index contributed by atoms with van der Waals surface area (Å²) in [5, 5.41) is 74.1. The minimum absolute atomic E-state index is 0. The molecule has 6 N–H and O–H groups in total. The molecular weight excluding hydrogens is 1550 g/mol. The van der Waals surface area contributed by atoms with Gasteiger partial charge in [-0.15, -0.1) is 0 Å². The van der Waals surface area contributed by atoms with E-state index in [1.54, 1.807) is 27.7 Å². The van der Waals surface area contributed by atoms with Gasteiger partial charge in [-0.2, -0.15) is 27.7 Å². The van der Waals surface area contributed by atoms with Crippen LogP contribution >= 0.6 is 0 Å². The number of hydrogen-bond acceptors (Lipinski definition) is 6. The summed E-state index contributed by atoms with van der Waals surface area (Å²) in [6, 6.07) is 25.4. The van der Waals surface area contributed by atoms with E-state index in [1.165, 1.54) is 0 Å². The number of phenolic OH excluding ortho intramolecular Hbond substituents is 6. The van der Waals surface area contributed by atoms with Crippen LogP contribution in [-0.2, 0) is 162 Å². The number of phenols is 6. The monoisotopic (exact) mass is 1690 g/mol. The van der Waals surface area contributed by atoms with Crippen LogP contribution in [-0.4, -0.2) is 30.6 Å². The molecule has 105 heavy (non-hydrogen) atoms. The summed E-state index contributed by atoms with van der Waals surface area (Å²) in [5.74, 6) is -0.0298. The van der Waals surface area contributed by atoms with Crippen molar-refractivity contribution in [3.05, 3.63) is 201 Å². The zero-order valence-corrected chi connectivity index (χ0v) is 90.0. The van der Waals surface area contributed by atoms with Crippen LogP contribution in [0.25, 0.3) is 0 Å². The minimum Gasteiger partial charge on any atom is -0.507 e. The van der Waals surface area contributed by atoms with Crippen LogP contribution < -0.4 is 0 Å². The first-order valence-electron chi connectivity index (χ1n) is 36.8. The van der Waals surface area contributed by atoms with Crippen LogP contribution in [0.15, 0.2) is 72.8 Å². The maximum absolute atomic E-state index is 12.3. The van der Waals surface area contributed by atoms with Crippen molar-refractivity contribution in [2.24, 2.45) is 0 Å². The first kappa shape index (κ1) is 111. The van der Waals surface area contributed by atoms with Crippen molar-refractivity contribution < 1.29 is 128 Å². The van der Waals surface area contributed by atoms with Gasteiger partial charge in [-0.05, 0) is 132 Å². The zero-order valence-electron chi connectivity index (χ0n) is 75.1. The van der Waals surface area contributed by atoms with E-state index in [-0.39, 0.29) is 197 Å². The molecule has 0 aromatic heterocycles. The van der Waals surface area contributed by atoms with Gasteiger partial charge in [-0.25, -0.2) is 0 Å². The normalized spacial score (nSPS) is 12.4. The largest absolute Gasteiger partial charge is 0.507 e. The first-order chi connectivity index (χ1) is 44.7. The van der Waals surface area contributed by atoms with Crippen LogP contribution in [0.4, 0.5) is 0 Å². The SMILES string of the molecule is CC(C)(C)c1cc(C(c2cc(C(C)(C)C)cc(C(C)(C)C)c2O)c2cc(C(C)(C)C)cc(C(C)(C)C)c2O)c(O)c(C(C)(C)C)c1.CC(C)(C)c1cc(C(c2cc(C(C)(C)C)cc(C(C)(C)C)c2O)c2cc(C(C)(C)C)cc(C(C)(C)C)c2O)c(O)c(C(C)(C)C)c1.[CH2-]C.[CH2-]C.[CH2-]C.[CH2-]C.[Zn].[Zn].[Zn].[Zn].[Zn]. The van der Waals surface area contributed by atoms with Crippen LogP contribution in [0.2, 0.25) is 0 Å². The summed E-state index contributed by atoms with van der Waals surface area (Å²) in [6.07, 6.45) is 0. The van der Waals surface area contributed by atoms with Gasteiger partial charge < -0.3 is 58.3 Å². The molecule has 6 nitrogen and oxygen atoms in total. The Kier molecular flexibility index (Phi) is 42.3. The van der Waals surface area contributed by atoms with E-state index < -0.39 is 11.8 Å². The number of benzene rings is 6. The van der Waals surface area contributed by atoms with Crippen molar-refractivity contribution in [2.75, 3.05) is 0 Å².